The van der Waals surface area contributed by atoms with E-state index in [2.05, 4.69) is 24.1 Å². The molecular weight excluding hydrogens is 202 g/mol. The Kier molecular flexibility index (Phi) is 5.22. The second kappa shape index (κ2) is 6.21. The van der Waals surface area contributed by atoms with Gasteiger partial charge >= 0.3 is 0 Å². The van der Waals surface area contributed by atoms with Gasteiger partial charge in [0.2, 0.25) is 5.91 Å². The molecule has 0 spiro atoms. The third kappa shape index (κ3) is 3.76. The molecule has 0 aromatic carbocycles. The second-order valence-electron chi connectivity index (χ2n) is 5.00. The van der Waals surface area contributed by atoms with E-state index in [9.17, 15) is 4.79 Å². The van der Waals surface area contributed by atoms with Crippen LogP contribution in [0.1, 0.15) is 33.6 Å². The zero-order chi connectivity index (χ0) is 12.1. The van der Waals surface area contributed by atoms with Crippen molar-refractivity contribution in [2.75, 3.05) is 19.6 Å². The Bertz CT molecular complexity index is 230. The summed E-state index contributed by atoms with van der Waals surface area (Å²) in [6.45, 7) is 9.38. The molecule has 0 bridgehead atoms. The third-order valence-corrected chi connectivity index (χ3v) is 3.39. The highest BCUT2D eigenvalue weighted by molar-refractivity contribution is 5.81. The van der Waals surface area contributed by atoms with E-state index < -0.39 is 0 Å². The molecule has 1 aliphatic rings. The molecule has 0 radical (unpaired) electrons. The molecule has 16 heavy (non-hydrogen) atoms. The Morgan fingerprint density at radius 1 is 1.56 bits per heavy atom. The fourth-order valence-electron chi connectivity index (χ4n) is 2.06. The molecule has 1 amide bonds. The molecular formula is C12H25N3O. The van der Waals surface area contributed by atoms with Crippen LogP contribution in [-0.2, 0) is 4.79 Å². The average molecular weight is 227 g/mol. The number of carbonyl (C=O) groups excluding carboxylic acids is 1. The summed E-state index contributed by atoms with van der Waals surface area (Å²) >= 11 is 0. The molecule has 0 aromatic rings. The first kappa shape index (κ1) is 13.5. The van der Waals surface area contributed by atoms with Crippen LogP contribution in [0.15, 0.2) is 0 Å². The average Bonchev–Trinajstić information content (AvgIpc) is 2.73. The van der Waals surface area contributed by atoms with E-state index in [-0.39, 0.29) is 11.9 Å². The van der Waals surface area contributed by atoms with Crippen LogP contribution in [-0.4, -0.2) is 42.5 Å². The van der Waals surface area contributed by atoms with Gasteiger partial charge in [0.05, 0.1) is 6.04 Å². The normalized spacial score (nSPS) is 23.7. The molecule has 1 unspecified atom stereocenters. The van der Waals surface area contributed by atoms with E-state index in [0.29, 0.717) is 18.4 Å². The lowest BCUT2D eigenvalue weighted by Gasteiger charge is -2.20. The number of rotatable bonds is 5. The Hall–Kier alpha value is -0.610. The summed E-state index contributed by atoms with van der Waals surface area (Å²) in [5.74, 6) is 0.584. The Balaban J connectivity index is 2.22. The summed E-state index contributed by atoms with van der Waals surface area (Å²) in [5.41, 5.74) is 5.65. The smallest absolute Gasteiger partial charge is 0.236 e. The van der Waals surface area contributed by atoms with Gasteiger partial charge in [-0.1, -0.05) is 6.92 Å². The fourth-order valence-corrected chi connectivity index (χ4v) is 2.06. The van der Waals surface area contributed by atoms with E-state index >= 15 is 0 Å². The maximum atomic E-state index is 11.5. The second-order valence-corrected chi connectivity index (χ2v) is 5.00. The Morgan fingerprint density at radius 3 is 2.75 bits per heavy atom. The maximum absolute atomic E-state index is 11.5. The monoisotopic (exact) mass is 227 g/mol. The van der Waals surface area contributed by atoms with Crippen LogP contribution in [0, 0.1) is 5.92 Å². The minimum Gasteiger partial charge on any atom is -0.354 e. The summed E-state index contributed by atoms with van der Waals surface area (Å²) in [4.78, 5) is 14.0. The maximum Gasteiger partial charge on any atom is 0.236 e. The van der Waals surface area contributed by atoms with Gasteiger partial charge in [-0.15, -0.1) is 0 Å². The lowest BCUT2D eigenvalue weighted by atomic mass is 10.1. The number of carbonyl (C=O) groups is 1. The van der Waals surface area contributed by atoms with Crippen molar-refractivity contribution in [2.24, 2.45) is 11.7 Å². The van der Waals surface area contributed by atoms with Gasteiger partial charge < -0.3 is 16.0 Å². The van der Waals surface area contributed by atoms with Gasteiger partial charge in [0, 0.05) is 19.1 Å². The predicted octanol–water partition coefficient (Wildman–Crippen LogP) is 0.570. The molecule has 4 heteroatoms. The van der Waals surface area contributed by atoms with Crippen LogP contribution in [0.25, 0.3) is 0 Å². The van der Waals surface area contributed by atoms with E-state index in [1.165, 1.54) is 6.42 Å². The molecule has 94 valence electrons. The highest BCUT2D eigenvalue weighted by Crippen LogP contribution is 2.17. The van der Waals surface area contributed by atoms with Crippen LogP contribution in [0.3, 0.4) is 0 Å². The fraction of sp³-hybridized carbons (Fsp3) is 0.917. The van der Waals surface area contributed by atoms with Crippen LogP contribution < -0.4 is 11.1 Å². The van der Waals surface area contributed by atoms with Crippen molar-refractivity contribution in [1.29, 1.82) is 0 Å². The van der Waals surface area contributed by atoms with Gasteiger partial charge in [0.15, 0.2) is 0 Å². The van der Waals surface area contributed by atoms with E-state index in [0.717, 1.165) is 19.6 Å². The zero-order valence-corrected chi connectivity index (χ0v) is 10.7. The predicted molar refractivity (Wildman–Crippen MR) is 66.1 cm³/mol. The van der Waals surface area contributed by atoms with E-state index in [4.69, 9.17) is 5.73 Å². The van der Waals surface area contributed by atoms with Crippen molar-refractivity contribution in [3.05, 3.63) is 0 Å². The van der Waals surface area contributed by atoms with Gasteiger partial charge in [-0.2, -0.15) is 0 Å². The molecule has 0 aliphatic carbocycles. The first-order chi connectivity index (χ1) is 7.54. The summed E-state index contributed by atoms with van der Waals surface area (Å²) in [6, 6.07) is 0.265. The highest BCUT2D eigenvalue weighted by Gasteiger charge is 2.24. The Labute approximate surface area is 98.6 Å². The van der Waals surface area contributed by atoms with Gasteiger partial charge in [0.25, 0.3) is 0 Å². The number of hydrogen-bond acceptors (Lipinski definition) is 3. The van der Waals surface area contributed by atoms with Gasteiger partial charge in [0.1, 0.15) is 0 Å². The van der Waals surface area contributed by atoms with Crippen molar-refractivity contribution in [1.82, 2.24) is 10.2 Å². The SMILES string of the molecule is CC[C@@H](N)C(=O)NCC1CCN(C(C)C)C1. The molecule has 0 aromatic heterocycles. The van der Waals surface area contributed by atoms with Gasteiger partial charge in [-0.05, 0) is 39.2 Å². The van der Waals surface area contributed by atoms with Crippen LogP contribution in [0.4, 0.5) is 0 Å². The lowest BCUT2D eigenvalue weighted by molar-refractivity contribution is -0.122. The molecule has 1 fully saturated rings. The number of amides is 1. The first-order valence-corrected chi connectivity index (χ1v) is 6.32. The molecule has 3 N–H and O–H groups in total. The minimum absolute atomic E-state index is 0.00880. The number of likely N-dealkylation sites (tertiary alicyclic amines) is 1. The van der Waals surface area contributed by atoms with Crippen molar-refractivity contribution in [2.45, 2.75) is 45.7 Å². The summed E-state index contributed by atoms with van der Waals surface area (Å²) in [5, 5.41) is 2.94. The third-order valence-electron chi connectivity index (χ3n) is 3.39. The summed E-state index contributed by atoms with van der Waals surface area (Å²) < 4.78 is 0. The number of hydrogen-bond donors (Lipinski definition) is 2. The Morgan fingerprint density at radius 2 is 2.25 bits per heavy atom. The van der Waals surface area contributed by atoms with Crippen molar-refractivity contribution in [3.8, 4) is 0 Å². The van der Waals surface area contributed by atoms with Gasteiger partial charge in [-0.25, -0.2) is 0 Å². The van der Waals surface area contributed by atoms with Crippen LogP contribution >= 0.6 is 0 Å². The summed E-state index contributed by atoms with van der Waals surface area (Å²) in [7, 11) is 0. The molecule has 1 heterocycles. The topological polar surface area (TPSA) is 58.4 Å². The highest BCUT2D eigenvalue weighted by atomic mass is 16.2. The lowest BCUT2D eigenvalue weighted by Crippen LogP contribution is -2.42. The van der Waals surface area contributed by atoms with Crippen LogP contribution in [0.2, 0.25) is 0 Å². The first-order valence-electron chi connectivity index (χ1n) is 6.32. The standard InChI is InChI=1S/C12H25N3O/c1-4-11(13)12(16)14-7-10-5-6-15(8-10)9(2)3/h9-11H,4-8,13H2,1-3H3,(H,14,16)/t10?,11-/m1/s1. The van der Waals surface area contributed by atoms with Crippen molar-refractivity contribution in [3.63, 3.8) is 0 Å². The zero-order valence-electron chi connectivity index (χ0n) is 10.7. The molecule has 1 saturated heterocycles. The summed E-state index contributed by atoms with van der Waals surface area (Å²) in [6.07, 6.45) is 1.88. The van der Waals surface area contributed by atoms with Crippen molar-refractivity contribution >= 4 is 5.91 Å². The molecule has 2 atom stereocenters. The number of nitrogens with one attached hydrogen (secondary N) is 1. The van der Waals surface area contributed by atoms with Gasteiger partial charge in [-0.3, -0.25) is 4.79 Å². The van der Waals surface area contributed by atoms with E-state index in [1.807, 2.05) is 6.92 Å². The number of nitrogens with zero attached hydrogens (tertiary/aromatic N) is 1. The quantitative estimate of drug-likeness (QED) is 0.722. The largest absolute Gasteiger partial charge is 0.354 e. The van der Waals surface area contributed by atoms with Crippen LogP contribution in [0.5, 0.6) is 0 Å². The van der Waals surface area contributed by atoms with Crippen molar-refractivity contribution < 1.29 is 4.79 Å². The molecule has 0 saturated carbocycles. The molecule has 1 aliphatic heterocycles. The minimum atomic E-state index is -0.345. The molecule has 4 nitrogen and oxygen atoms in total. The number of nitrogens with two attached hydrogens (primary N) is 1. The molecule has 1 rings (SSSR count). The van der Waals surface area contributed by atoms with E-state index in [1.54, 1.807) is 0 Å².